The first-order valence-electron chi connectivity index (χ1n) is 7.00. The van der Waals surface area contributed by atoms with Crippen molar-refractivity contribution >= 4 is 35.1 Å². The van der Waals surface area contributed by atoms with Crippen molar-refractivity contribution in [3.05, 3.63) is 43.2 Å². The fraction of sp³-hybridized carbons (Fsp3) is 0.267. The van der Waals surface area contributed by atoms with E-state index in [4.69, 9.17) is 0 Å². The zero-order valence-corrected chi connectivity index (χ0v) is 14.5. The molecule has 0 saturated carbocycles. The fourth-order valence-electron chi connectivity index (χ4n) is 1.78. The topological polar surface area (TPSA) is 59.8 Å². The summed E-state index contributed by atoms with van der Waals surface area (Å²) in [6, 6.07) is 6.29. The molecule has 0 aliphatic rings. The van der Waals surface area contributed by atoms with E-state index in [1.54, 1.807) is 48.2 Å². The maximum absolute atomic E-state index is 12.3. The molecule has 0 radical (unpaired) electrons. The molecule has 1 amide bonds. The SMILES string of the molecule is C=CCn1cnnc1SC(C)C(=O)Nc1ccc(SC(F)F)cc1. The highest BCUT2D eigenvalue weighted by atomic mass is 32.2. The molecule has 1 heterocycles. The number of carbonyl (C=O) groups excluding carboxylic acids is 1. The number of allylic oxidation sites excluding steroid dienone is 1. The average molecular weight is 370 g/mol. The maximum Gasteiger partial charge on any atom is 0.288 e. The summed E-state index contributed by atoms with van der Waals surface area (Å²) in [7, 11) is 0. The van der Waals surface area contributed by atoms with Crippen LogP contribution in [0.15, 0.2) is 53.3 Å². The van der Waals surface area contributed by atoms with Crippen molar-refractivity contribution in [1.82, 2.24) is 14.8 Å². The van der Waals surface area contributed by atoms with E-state index in [9.17, 15) is 13.6 Å². The second-order valence-electron chi connectivity index (χ2n) is 4.71. The Kier molecular flexibility index (Phi) is 6.80. The number of hydrogen-bond acceptors (Lipinski definition) is 5. The van der Waals surface area contributed by atoms with Crippen molar-refractivity contribution in [2.45, 2.75) is 34.5 Å². The van der Waals surface area contributed by atoms with Crippen LogP contribution in [0, 0.1) is 0 Å². The molecule has 9 heteroatoms. The predicted octanol–water partition coefficient (Wildman–Crippen LogP) is 3.90. The maximum atomic E-state index is 12.3. The predicted molar refractivity (Wildman–Crippen MR) is 92.5 cm³/mol. The van der Waals surface area contributed by atoms with Gasteiger partial charge in [-0.05, 0) is 31.2 Å². The number of nitrogens with one attached hydrogen (secondary N) is 1. The highest BCUT2D eigenvalue weighted by Gasteiger charge is 2.18. The van der Waals surface area contributed by atoms with Gasteiger partial charge in [0.05, 0.1) is 5.25 Å². The summed E-state index contributed by atoms with van der Waals surface area (Å²) in [5.74, 6) is -2.67. The second kappa shape index (κ2) is 8.84. The number of amides is 1. The number of carbonyl (C=O) groups is 1. The molecule has 1 N–H and O–H groups in total. The zero-order valence-electron chi connectivity index (χ0n) is 12.9. The van der Waals surface area contributed by atoms with Crippen molar-refractivity contribution in [2.24, 2.45) is 0 Å². The summed E-state index contributed by atoms with van der Waals surface area (Å²) >= 11 is 1.75. The van der Waals surface area contributed by atoms with Crippen LogP contribution in [0.5, 0.6) is 0 Å². The Morgan fingerprint density at radius 1 is 1.38 bits per heavy atom. The molecule has 128 valence electrons. The van der Waals surface area contributed by atoms with Gasteiger partial charge >= 0.3 is 0 Å². The Bertz CT molecular complexity index is 691. The van der Waals surface area contributed by atoms with E-state index in [1.165, 1.54) is 11.8 Å². The Hall–Kier alpha value is -1.87. The number of hydrogen-bond donors (Lipinski definition) is 1. The normalized spacial score (nSPS) is 12.2. The van der Waals surface area contributed by atoms with Gasteiger partial charge in [0, 0.05) is 17.1 Å². The van der Waals surface area contributed by atoms with Gasteiger partial charge in [0.2, 0.25) is 5.91 Å². The number of thioether (sulfide) groups is 2. The quantitative estimate of drug-likeness (QED) is 0.564. The Morgan fingerprint density at radius 3 is 2.71 bits per heavy atom. The van der Waals surface area contributed by atoms with Crippen molar-refractivity contribution < 1.29 is 13.6 Å². The van der Waals surface area contributed by atoms with Crippen LogP contribution in [0.2, 0.25) is 0 Å². The number of halogens is 2. The molecule has 24 heavy (non-hydrogen) atoms. The van der Waals surface area contributed by atoms with E-state index in [1.807, 2.05) is 0 Å². The lowest BCUT2D eigenvalue weighted by Crippen LogP contribution is -2.22. The van der Waals surface area contributed by atoms with E-state index in [0.29, 0.717) is 34.0 Å². The van der Waals surface area contributed by atoms with Crippen LogP contribution in [0.3, 0.4) is 0 Å². The van der Waals surface area contributed by atoms with Gasteiger partial charge in [0.1, 0.15) is 6.33 Å². The van der Waals surface area contributed by atoms with Crippen LogP contribution < -0.4 is 5.32 Å². The highest BCUT2D eigenvalue weighted by molar-refractivity contribution is 8.00. The first kappa shape index (κ1) is 18.5. The van der Waals surface area contributed by atoms with E-state index >= 15 is 0 Å². The van der Waals surface area contributed by atoms with Gasteiger partial charge in [-0.25, -0.2) is 0 Å². The molecule has 1 atom stereocenters. The summed E-state index contributed by atoms with van der Waals surface area (Å²) < 4.78 is 26.3. The summed E-state index contributed by atoms with van der Waals surface area (Å²) in [6.45, 7) is 5.98. The summed E-state index contributed by atoms with van der Waals surface area (Å²) in [4.78, 5) is 12.7. The molecular formula is C15H16F2N4OS2. The van der Waals surface area contributed by atoms with Crippen LogP contribution in [-0.2, 0) is 11.3 Å². The van der Waals surface area contributed by atoms with E-state index in [-0.39, 0.29) is 5.91 Å². The highest BCUT2D eigenvalue weighted by Crippen LogP contribution is 2.27. The van der Waals surface area contributed by atoms with Crippen molar-refractivity contribution in [2.75, 3.05) is 5.32 Å². The zero-order chi connectivity index (χ0) is 17.5. The van der Waals surface area contributed by atoms with E-state index in [0.717, 1.165) is 0 Å². The third kappa shape index (κ3) is 5.34. The van der Waals surface area contributed by atoms with Gasteiger partial charge in [0.25, 0.3) is 5.76 Å². The Morgan fingerprint density at radius 2 is 2.08 bits per heavy atom. The lowest BCUT2D eigenvalue weighted by Gasteiger charge is -2.12. The van der Waals surface area contributed by atoms with Crippen LogP contribution in [-0.4, -0.2) is 31.7 Å². The number of benzene rings is 1. The summed E-state index contributed by atoms with van der Waals surface area (Å²) in [6.07, 6.45) is 3.30. The molecule has 2 aromatic rings. The second-order valence-corrected chi connectivity index (χ2v) is 7.08. The standard InChI is InChI=1S/C15H16F2N4OS2/c1-3-8-21-9-18-20-15(21)23-10(2)13(22)19-11-4-6-12(7-5-11)24-14(16)17/h3-7,9-10,14H,1,8H2,2H3,(H,19,22). The molecule has 0 aliphatic carbocycles. The molecule has 0 aliphatic heterocycles. The number of nitrogens with zero attached hydrogens (tertiary/aromatic N) is 3. The summed E-state index contributed by atoms with van der Waals surface area (Å²) in [5, 5.41) is 10.8. The molecule has 0 bridgehead atoms. The van der Waals surface area contributed by atoms with Gasteiger partial charge in [-0.2, -0.15) is 8.78 Å². The first-order valence-corrected chi connectivity index (χ1v) is 8.76. The molecule has 0 fully saturated rings. The van der Waals surface area contributed by atoms with Crippen molar-refractivity contribution in [3.63, 3.8) is 0 Å². The van der Waals surface area contributed by atoms with Gasteiger partial charge in [0.15, 0.2) is 5.16 Å². The lowest BCUT2D eigenvalue weighted by atomic mass is 10.3. The van der Waals surface area contributed by atoms with Crippen LogP contribution in [0.4, 0.5) is 14.5 Å². The monoisotopic (exact) mass is 370 g/mol. The molecular weight excluding hydrogens is 354 g/mol. The number of anilines is 1. The molecule has 5 nitrogen and oxygen atoms in total. The Labute approximate surface area is 146 Å². The third-order valence-electron chi connectivity index (χ3n) is 2.90. The number of aromatic nitrogens is 3. The average Bonchev–Trinajstić information content (AvgIpc) is 2.96. The van der Waals surface area contributed by atoms with Gasteiger partial charge in [-0.1, -0.05) is 29.6 Å². The molecule has 1 aromatic heterocycles. The van der Waals surface area contributed by atoms with Crippen LogP contribution in [0.1, 0.15) is 6.92 Å². The minimum atomic E-state index is -2.46. The number of rotatable bonds is 8. The number of alkyl halides is 2. The van der Waals surface area contributed by atoms with Gasteiger partial charge in [-0.15, -0.1) is 16.8 Å². The largest absolute Gasteiger partial charge is 0.325 e. The molecule has 0 saturated heterocycles. The summed E-state index contributed by atoms with van der Waals surface area (Å²) in [5.41, 5.74) is 0.554. The fourth-order valence-corrected chi connectivity index (χ4v) is 3.11. The first-order chi connectivity index (χ1) is 11.5. The van der Waals surface area contributed by atoms with E-state index < -0.39 is 11.0 Å². The molecule has 2 rings (SSSR count). The Balaban J connectivity index is 1.93. The van der Waals surface area contributed by atoms with Crippen molar-refractivity contribution in [3.8, 4) is 0 Å². The van der Waals surface area contributed by atoms with Crippen molar-refractivity contribution in [1.29, 1.82) is 0 Å². The third-order valence-corrected chi connectivity index (χ3v) is 4.72. The van der Waals surface area contributed by atoms with Crippen LogP contribution in [0.25, 0.3) is 0 Å². The van der Waals surface area contributed by atoms with E-state index in [2.05, 4.69) is 22.1 Å². The minimum absolute atomic E-state index is 0.206. The van der Waals surface area contributed by atoms with Crippen LogP contribution >= 0.6 is 23.5 Å². The minimum Gasteiger partial charge on any atom is -0.325 e. The smallest absolute Gasteiger partial charge is 0.288 e. The lowest BCUT2D eigenvalue weighted by molar-refractivity contribution is -0.115. The molecule has 1 unspecified atom stereocenters. The van der Waals surface area contributed by atoms with Gasteiger partial charge in [-0.3, -0.25) is 4.79 Å². The van der Waals surface area contributed by atoms with Gasteiger partial charge < -0.3 is 9.88 Å². The molecule has 1 aromatic carbocycles. The molecule has 0 spiro atoms.